The fourth-order valence-corrected chi connectivity index (χ4v) is 3.25. The highest BCUT2D eigenvalue weighted by Crippen LogP contribution is 2.36. The van der Waals surface area contributed by atoms with Gasteiger partial charge in [-0.3, -0.25) is 14.5 Å². The Morgan fingerprint density at radius 3 is 2.50 bits per heavy atom. The molecule has 3 rings (SSSR count). The molecule has 2 aliphatic heterocycles. The van der Waals surface area contributed by atoms with Gasteiger partial charge in [0.1, 0.15) is 0 Å². The molecule has 1 aromatic rings. The number of nitrogens with zero attached hydrogens (tertiary/aromatic N) is 2. The first-order valence-electron chi connectivity index (χ1n) is 6.64. The van der Waals surface area contributed by atoms with Crippen molar-refractivity contribution in [1.29, 1.82) is 0 Å². The van der Waals surface area contributed by atoms with E-state index in [1.807, 2.05) is 0 Å². The van der Waals surface area contributed by atoms with E-state index >= 15 is 0 Å². The van der Waals surface area contributed by atoms with Gasteiger partial charge in [0.15, 0.2) is 0 Å². The van der Waals surface area contributed by atoms with E-state index in [9.17, 15) is 9.59 Å². The van der Waals surface area contributed by atoms with Crippen LogP contribution in [-0.4, -0.2) is 35.8 Å². The van der Waals surface area contributed by atoms with Gasteiger partial charge in [-0.1, -0.05) is 29.3 Å². The average Bonchev–Trinajstić information content (AvgIpc) is 3.02. The molecule has 106 valence electrons. The van der Waals surface area contributed by atoms with E-state index in [0.717, 1.165) is 25.9 Å². The highest BCUT2D eigenvalue weighted by atomic mass is 35.5. The monoisotopic (exact) mass is 312 g/mol. The second-order valence-electron chi connectivity index (χ2n) is 5.10. The van der Waals surface area contributed by atoms with Crippen LogP contribution in [0.5, 0.6) is 0 Å². The van der Waals surface area contributed by atoms with Crippen molar-refractivity contribution in [2.45, 2.75) is 25.3 Å². The van der Waals surface area contributed by atoms with Crippen LogP contribution in [0.4, 0.5) is 5.69 Å². The first-order valence-corrected chi connectivity index (χ1v) is 7.40. The van der Waals surface area contributed by atoms with E-state index < -0.39 is 0 Å². The SMILES string of the molecule is O=C1C[C@H](N2CCCC2)C(=O)N1c1cccc(Cl)c1Cl. The number of halogens is 2. The number of hydrogen-bond acceptors (Lipinski definition) is 3. The lowest BCUT2D eigenvalue weighted by Gasteiger charge is -2.22. The molecule has 0 unspecified atom stereocenters. The predicted octanol–water partition coefficient (Wildman–Crippen LogP) is 2.72. The number of carbonyl (C=O) groups excluding carboxylic acids is 2. The highest BCUT2D eigenvalue weighted by Gasteiger charge is 2.43. The van der Waals surface area contributed by atoms with Gasteiger partial charge in [0.05, 0.1) is 28.2 Å². The molecular weight excluding hydrogens is 299 g/mol. The summed E-state index contributed by atoms with van der Waals surface area (Å²) in [5.41, 5.74) is 0.385. The first-order chi connectivity index (χ1) is 9.59. The minimum atomic E-state index is -0.347. The van der Waals surface area contributed by atoms with Crippen LogP contribution >= 0.6 is 23.2 Å². The Balaban J connectivity index is 1.92. The summed E-state index contributed by atoms with van der Waals surface area (Å²) in [7, 11) is 0. The van der Waals surface area contributed by atoms with Gasteiger partial charge >= 0.3 is 0 Å². The summed E-state index contributed by atoms with van der Waals surface area (Å²) in [6.45, 7) is 1.75. The molecule has 6 heteroatoms. The van der Waals surface area contributed by atoms with Crippen molar-refractivity contribution in [2.24, 2.45) is 0 Å². The van der Waals surface area contributed by atoms with Crippen LogP contribution in [0.1, 0.15) is 19.3 Å². The fourth-order valence-electron chi connectivity index (χ4n) is 2.87. The molecule has 20 heavy (non-hydrogen) atoms. The Kier molecular flexibility index (Phi) is 3.71. The first kappa shape index (κ1) is 13.9. The maximum Gasteiger partial charge on any atom is 0.251 e. The zero-order valence-corrected chi connectivity index (χ0v) is 12.3. The van der Waals surface area contributed by atoms with Gasteiger partial charge < -0.3 is 0 Å². The lowest BCUT2D eigenvalue weighted by molar-refractivity contribution is -0.122. The van der Waals surface area contributed by atoms with E-state index in [-0.39, 0.29) is 29.3 Å². The van der Waals surface area contributed by atoms with Crippen LogP contribution in [0.2, 0.25) is 10.0 Å². The predicted molar refractivity (Wildman–Crippen MR) is 78.2 cm³/mol. The van der Waals surface area contributed by atoms with E-state index in [1.165, 1.54) is 4.90 Å². The molecule has 1 atom stereocenters. The third kappa shape index (κ3) is 2.22. The molecule has 0 saturated carbocycles. The van der Waals surface area contributed by atoms with E-state index in [2.05, 4.69) is 4.90 Å². The Bertz CT molecular complexity index is 570. The average molecular weight is 313 g/mol. The summed E-state index contributed by atoms with van der Waals surface area (Å²) in [4.78, 5) is 28.0. The summed E-state index contributed by atoms with van der Waals surface area (Å²) in [6, 6.07) is 4.63. The van der Waals surface area contributed by atoms with Crippen LogP contribution < -0.4 is 4.90 Å². The minimum Gasteiger partial charge on any atom is -0.292 e. The molecule has 0 spiro atoms. The summed E-state index contributed by atoms with van der Waals surface area (Å²) in [5, 5.41) is 0.590. The van der Waals surface area contributed by atoms with E-state index in [1.54, 1.807) is 18.2 Å². The Hall–Kier alpha value is -1.10. The number of anilines is 1. The third-order valence-electron chi connectivity index (χ3n) is 3.88. The number of rotatable bonds is 2. The fraction of sp³-hybridized carbons (Fsp3) is 0.429. The molecule has 4 nitrogen and oxygen atoms in total. The van der Waals surface area contributed by atoms with E-state index in [0.29, 0.717) is 10.7 Å². The van der Waals surface area contributed by atoms with Crippen molar-refractivity contribution >= 4 is 40.7 Å². The van der Waals surface area contributed by atoms with Gasteiger partial charge in [0.25, 0.3) is 5.91 Å². The lowest BCUT2D eigenvalue weighted by Crippen LogP contribution is -2.40. The normalized spacial score (nSPS) is 23.9. The van der Waals surface area contributed by atoms with Gasteiger partial charge in [0.2, 0.25) is 5.91 Å². The Morgan fingerprint density at radius 1 is 1.10 bits per heavy atom. The van der Waals surface area contributed by atoms with Gasteiger partial charge in [-0.15, -0.1) is 0 Å². The number of amides is 2. The van der Waals surface area contributed by atoms with Crippen molar-refractivity contribution in [3.63, 3.8) is 0 Å². The topological polar surface area (TPSA) is 40.6 Å². The smallest absolute Gasteiger partial charge is 0.251 e. The molecule has 0 radical (unpaired) electrons. The van der Waals surface area contributed by atoms with Crippen LogP contribution in [-0.2, 0) is 9.59 Å². The summed E-state index contributed by atoms with van der Waals surface area (Å²) >= 11 is 12.1. The minimum absolute atomic E-state index is 0.193. The van der Waals surface area contributed by atoms with Crippen molar-refractivity contribution in [1.82, 2.24) is 4.90 Å². The maximum atomic E-state index is 12.5. The second kappa shape index (κ2) is 5.35. The lowest BCUT2D eigenvalue weighted by atomic mass is 10.2. The molecule has 2 amide bonds. The molecule has 0 aliphatic carbocycles. The standard InChI is InChI=1S/C14H14Cl2N2O2/c15-9-4-3-5-10(13(9)16)18-12(19)8-11(14(18)20)17-6-1-2-7-17/h3-5,11H,1-2,6-8H2/t11-/m0/s1. The quantitative estimate of drug-likeness (QED) is 0.788. The number of benzene rings is 1. The van der Waals surface area contributed by atoms with Crippen molar-refractivity contribution in [3.8, 4) is 0 Å². The second-order valence-corrected chi connectivity index (χ2v) is 5.89. The van der Waals surface area contributed by atoms with Crippen molar-refractivity contribution in [2.75, 3.05) is 18.0 Å². The van der Waals surface area contributed by atoms with Gasteiger partial charge in [-0.2, -0.15) is 0 Å². The van der Waals surface area contributed by atoms with Gasteiger partial charge in [0, 0.05) is 0 Å². The maximum absolute atomic E-state index is 12.5. The van der Waals surface area contributed by atoms with Gasteiger partial charge in [-0.05, 0) is 38.1 Å². The van der Waals surface area contributed by atoms with Crippen LogP contribution in [0.3, 0.4) is 0 Å². The van der Waals surface area contributed by atoms with Crippen LogP contribution in [0.15, 0.2) is 18.2 Å². The number of hydrogen-bond donors (Lipinski definition) is 0. The van der Waals surface area contributed by atoms with Crippen molar-refractivity contribution < 1.29 is 9.59 Å². The number of imide groups is 1. The summed E-state index contributed by atoms with van der Waals surface area (Å²) < 4.78 is 0. The highest BCUT2D eigenvalue weighted by molar-refractivity contribution is 6.44. The molecular formula is C14H14Cl2N2O2. The molecule has 2 saturated heterocycles. The third-order valence-corrected chi connectivity index (χ3v) is 4.69. The molecule has 2 aliphatic rings. The summed E-state index contributed by atoms with van der Waals surface area (Å²) in [5.74, 6) is -0.405. The molecule has 2 fully saturated rings. The molecule has 0 bridgehead atoms. The molecule has 0 N–H and O–H groups in total. The summed E-state index contributed by atoms with van der Waals surface area (Å²) in [6.07, 6.45) is 2.38. The largest absolute Gasteiger partial charge is 0.292 e. The van der Waals surface area contributed by atoms with E-state index in [4.69, 9.17) is 23.2 Å². The molecule has 1 aromatic carbocycles. The van der Waals surface area contributed by atoms with Gasteiger partial charge in [-0.25, -0.2) is 4.90 Å². The zero-order valence-electron chi connectivity index (χ0n) is 10.8. The molecule has 0 aromatic heterocycles. The van der Waals surface area contributed by atoms with Crippen LogP contribution in [0, 0.1) is 0 Å². The molecule has 2 heterocycles. The zero-order chi connectivity index (χ0) is 14.3. The van der Waals surface area contributed by atoms with Crippen molar-refractivity contribution in [3.05, 3.63) is 28.2 Å². The number of likely N-dealkylation sites (tertiary alicyclic amines) is 1. The Morgan fingerprint density at radius 2 is 1.80 bits per heavy atom. The Labute approximate surface area is 127 Å². The van der Waals surface area contributed by atoms with Crippen LogP contribution in [0.25, 0.3) is 0 Å². The number of carbonyl (C=O) groups is 2.